The van der Waals surface area contributed by atoms with Crippen molar-refractivity contribution in [3.05, 3.63) is 99.7 Å². The minimum absolute atomic E-state index is 0.0241. The highest BCUT2D eigenvalue weighted by molar-refractivity contribution is 6.05. The number of aromatic nitrogens is 3. The number of pyridine rings is 3. The second-order valence-electron chi connectivity index (χ2n) is 9.06. The van der Waals surface area contributed by atoms with Gasteiger partial charge in [-0.1, -0.05) is 6.07 Å². The molecule has 5 aromatic rings. The number of H-pyrrole nitrogens is 1. The average molecular weight is 559 g/mol. The number of halogens is 2. The quantitative estimate of drug-likeness (QED) is 0.254. The Balaban J connectivity index is 1.42. The fourth-order valence-corrected chi connectivity index (χ4v) is 4.47. The molecule has 2 aromatic carbocycles. The summed E-state index contributed by atoms with van der Waals surface area (Å²) in [6.07, 6.45) is 3.00. The first kappa shape index (κ1) is 27.3. The summed E-state index contributed by atoms with van der Waals surface area (Å²) >= 11 is 0. The predicted octanol–water partition coefficient (Wildman–Crippen LogP) is 5.94. The zero-order valence-electron chi connectivity index (χ0n) is 22.5. The van der Waals surface area contributed by atoms with Crippen LogP contribution in [0.5, 0.6) is 23.0 Å². The van der Waals surface area contributed by atoms with E-state index in [1.807, 2.05) is 0 Å². The van der Waals surface area contributed by atoms with Crippen LogP contribution in [0.3, 0.4) is 0 Å². The number of hydrogen-bond donors (Lipinski definition) is 2. The second-order valence-corrected chi connectivity index (χ2v) is 9.06. The third-order valence-electron chi connectivity index (χ3n) is 6.41. The van der Waals surface area contributed by atoms with Gasteiger partial charge in [-0.3, -0.25) is 14.6 Å². The van der Waals surface area contributed by atoms with E-state index in [-0.39, 0.29) is 39.6 Å². The lowest BCUT2D eigenvalue weighted by Gasteiger charge is -2.14. The van der Waals surface area contributed by atoms with E-state index in [0.29, 0.717) is 28.2 Å². The minimum Gasteiger partial charge on any atom is -0.495 e. The Morgan fingerprint density at radius 3 is 2.34 bits per heavy atom. The number of nitrogens with one attached hydrogen (secondary N) is 2. The van der Waals surface area contributed by atoms with Crippen LogP contribution in [0.2, 0.25) is 0 Å². The van der Waals surface area contributed by atoms with E-state index in [4.69, 9.17) is 14.2 Å². The van der Waals surface area contributed by atoms with Gasteiger partial charge >= 0.3 is 0 Å². The van der Waals surface area contributed by atoms with Gasteiger partial charge in [-0.05, 0) is 43.7 Å². The molecule has 0 bridgehead atoms. The van der Waals surface area contributed by atoms with Crippen LogP contribution in [-0.2, 0) is 0 Å². The third kappa shape index (κ3) is 5.29. The molecule has 0 aliphatic rings. The largest absolute Gasteiger partial charge is 0.495 e. The van der Waals surface area contributed by atoms with E-state index in [0.717, 1.165) is 6.07 Å². The van der Waals surface area contributed by atoms with E-state index in [9.17, 15) is 14.0 Å². The number of ether oxygens (including phenoxy) is 3. The molecule has 0 saturated carbocycles. The molecule has 0 fully saturated rings. The van der Waals surface area contributed by atoms with Crippen molar-refractivity contribution < 1.29 is 27.8 Å². The van der Waals surface area contributed by atoms with Crippen molar-refractivity contribution in [2.45, 2.75) is 13.8 Å². The molecule has 41 heavy (non-hydrogen) atoms. The SMILES string of the molecule is COc1cnc2c(Oc3ccc(NC(=O)c4c(C)[nH]c(C)c(-c5ccc(OC)c(F)c5)c4=O)cc3F)ccnc2c1. The summed E-state index contributed by atoms with van der Waals surface area (Å²) in [6.45, 7) is 3.22. The van der Waals surface area contributed by atoms with Gasteiger partial charge in [0.1, 0.15) is 16.8 Å². The molecule has 2 N–H and O–H groups in total. The lowest BCUT2D eigenvalue weighted by molar-refractivity contribution is 0.102. The first-order valence-electron chi connectivity index (χ1n) is 12.3. The smallest absolute Gasteiger partial charge is 0.261 e. The van der Waals surface area contributed by atoms with E-state index in [1.165, 1.54) is 56.9 Å². The van der Waals surface area contributed by atoms with E-state index in [1.54, 1.807) is 26.0 Å². The Morgan fingerprint density at radius 2 is 1.63 bits per heavy atom. The molecule has 0 saturated heterocycles. The number of amides is 1. The first-order valence-corrected chi connectivity index (χ1v) is 12.3. The summed E-state index contributed by atoms with van der Waals surface area (Å²) in [7, 11) is 2.85. The Labute approximate surface area is 232 Å². The number of benzene rings is 2. The van der Waals surface area contributed by atoms with Gasteiger partial charge in [0, 0.05) is 47.0 Å². The fourth-order valence-electron chi connectivity index (χ4n) is 4.47. The van der Waals surface area contributed by atoms with Crippen molar-refractivity contribution in [1.82, 2.24) is 15.0 Å². The highest BCUT2D eigenvalue weighted by atomic mass is 19.1. The summed E-state index contributed by atoms with van der Waals surface area (Å²) in [4.78, 5) is 38.1. The maximum atomic E-state index is 15.1. The Hall–Kier alpha value is -5.32. The molecular formula is C30H24F2N4O5. The van der Waals surface area contributed by atoms with Crippen molar-refractivity contribution >= 4 is 22.6 Å². The standard InChI is InChI=1S/C30H24F2N4O5/c1-15-26(17-5-7-23(40-4)20(31)11-17)29(37)27(16(2)35-15)30(38)36-18-6-8-24(21(32)12-18)41-25-9-10-33-22-13-19(39-3)14-34-28(22)25/h5-14H,1-4H3,(H,35,37)(H,36,38). The number of hydrogen-bond acceptors (Lipinski definition) is 7. The highest BCUT2D eigenvalue weighted by Gasteiger charge is 2.21. The Bertz CT molecular complexity index is 1870. The zero-order valence-corrected chi connectivity index (χ0v) is 22.5. The van der Waals surface area contributed by atoms with Crippen LogP contribution in [0.1, 0.15) is 21.7 Å². The number of fused-ring (bicyclic) bond motifs is 1. The molecule has 3 heterocycles. The van der Waals surface area contributed by atoms with Crippen LogP contribution in [-0.4, -0.2) is 35.1 Å². The summed E-state index contributed by atoms with van der Waals surface area (Å²) in [6, 6.07) is 11.2. The molecule has 208 valence electrons. The van der Waals surface area contributed by atoms with Crippen LogP contribution in [0.4, 0.5) is 14.5 Å². The van der Waals surface area contributed by atoms with Crippen LogP contribution in [0, 0.1) is 25.5 Å². The number of carbonyl (C=O) groups is 1. The molecule has 0 unspecified atom stereocenters. The van der Waals surface area contributed by atoms with E-state index >= 15 is 4.39 Å². The summed E-state index contributed by atoms with van der Waals surface area (Å²) < 4.78 is 45.3. The third-order valence-corrected chi connectivity index (χ3v) is 6.41. The number of carbonyl (C=O) groups excluding carboxylic acids is 1. The zero-order chi connectivity index (χ0) is 29.3. The van der Waals surface area contributed by atoms with Crippen molar-refractivity contribution in [2.24, 2.45) is 0 Å². The maximum absolute atomic E-state index is 15.1. The maximum Gasteiger partial charge on any atom is 0.261 e. The van der Waals surface area contributed by atoms with Gasteiger partial charge in [0.2, 0.25) is 5.43 Å². The number of nitrogens with zero attached hydrogens (tertiary/aromatic N) is 2. The molecule has 9 nitrogen and oxygen atoms in total. The number of methoxy groups -OCH3 is 2. The Morgan fingerprint density at radius 1 is 0.878 bits per heavy atom. The average Bonchev–Trinajstić information content (AvgIpc) is 2.94. The van der Waals surface area contributed by atoms with Gasteiger partial charge in [-0.25, -0.2) is 13.8 Å². The van der Waals surface area contributed by atoms with E-state index in [2.05, 4.69) is 20.3 Å². The number of aromatic amines is 1. The molecule has 1 amide bonds. The molecule has 0 radical (unpaired) electrons. The van der Waals surface area contributed by atoms with Crippen LogP contribution >= 0.6 is 0 Å². The van der Waals surface area contributed by atoms with Crippen molar-refractivity contribution in [3.8, 4) is 34.1 Å². The van der Waals surface area contributed by atoms with Crippen LogP contribution < -0.4 is 25.0 Å². The van der Waals surface area contributed by atoms with Crippen LogP contribution in [0.15, 0.2) is 65.7 Å². The molecule has 0 spiro atoms. The van der Waals surface area contributed by atoms with Crippen molar-refractivity contribution in [2.75, 3.05) is 19.5 Å². The molecule has 11 heteroatoms. The molecule has 3 aromatic heterocycles. The Kier molecular flexibility index (Phi) is 7.34. The molecule has 0 atom stereocenters. The number of rotatable bonds is 7. The van der Waals surface area contributed by atoms with Gasteiger partial charge in [-0.2, -0.15) is 0 Å². The number of anilines is 1. The van der Waals surface area contributed by atoms with Crippen molar-refractivity contribution in [3.63, 3.8) is 0 Å². The van der Waals surface area contributed by atoms with Gasteiger partial charge in [0.15, 0.2) is 28.9 Å². The minimum atomic E-state index is -0.759. The molecule has 5 rings (SSSR count). The highest BCUT2D eigenvalue weighted by Crippen LogP contribution is 2.32. The summed E-state index contributed by atoms with van der Waals surface area (Å²) in [5.74, 6) is -1.46. The summed E-state index contributed by atoms with van der Waals surface area (Å²) in [5.41, 5.74) is 1.39. The van der Waals surface area contributed by atoms with Gasteiger partial charge < -0.3 is 24.5 Å². The fraction of sp³-hybridized carbons (Fsp3) is 0.133. The second kappa shape index (κ2) is 11.0. The van der Waals surface area contributed by atoms with Gasteiger partial charge in [0.25, 0.3) is 5.91 Å². The first-order chi connectivity index (χ1) is 19.7. The lowest BCUT2D eigenvalue weighted by Crippen LogP contribution is -2.26. The lowest BCUT2D eigenvalue weighted by atomic mass is 9.99. The van der Waals surface area contributed by atoms with Crippen LogP contribution in [0.25, 0.3) is 22.2 Å². The number of aryl methyl sites for hydroxylation is 2. The van der Waals surface area contributed by atoms with E-state index < -0.39 is 23.0 Å². The molecule has 0 aliphatic heterocycles. The van der Waals surface area contributed by atoms with Gasteiger partial charge in [0.05, 0.1) is 25.9 Å². The summed E-state index contributed by atoms with van der Waals surface area (Å²) in [5, 5.41) is 2.56. The van der Waals surface area contributed by atoms with Crippen molar-refractivity contribution in [1.29, 1.82) is 0 Å². The monoisotopic (exact) mass is 558 g/mol. The molecule has 0 aliphatic carbocycles. The predicted molar refractivity (Wildman–Crippen MR) is 149 cm³/mol. The van der Waals surface area contributed by atoms with Gasteiger partial charge in [-0.15, -0.1) is 0 Å². The normalized spacial score (nSPS) is 10.9. The topological polar surface area (TPSA) is 115 Å². The molecular weight excluding hydrogens is 534 g/mol.